The third kappa shape index (κ3) is 1.08. The van der Waals surface area contributed by atoms with Gasteiger partial charge in [0.2, 0.25) is 0 Å². The van der Waals surface area contributed by atoms with Crippen LogP contribution in [0.4, 0.5) is 0 Å². The lowest BCUT2D eigenvalue weighted by molar-refractivity contribution is 0.577. The van der Waals surface area contributed by atoms with Gasteiger partial charge in [-0.05, 0) is 17.3 Å². The smallest absolute Gasteiger partial charge is 0.176 e. The molecule has 1 saturated heterocycles. The van der Waals surface area contributed by atoms with Crippen molar-refractivity contribution in [2.24, 2.45) is 5.92 Å². The third-order valence-corrected chi connectivity index (χ3v) is 3.85. The molecule has 0 aromatic rings. The minimum Gasteiger partial charge on any atom is -0.614 e. The summed E-state index contributed by atoms with van der Waals surface area (Å²) in [5, 5.41) is 3.38. The van der Waals surface area contributed by atoms with Gasteiger partial charge < -0.3 is 9.87 Å². The lowest BCUT2D eigenvalue weighted by atomic mass is 10.00. The summed E-state index contributed by atoms with van der Waals surface area (Å²) in [4.78, 5) is 0. The van der Waals surface area contributed by atoms with Gasteiger partial charge in [0.05, 0.1) is 5.70 Å². The highest BCUT2D eigenvalue weighted by Gasteiger charge is 2.37. The Morgan fingerprint density at radius 2 is 2.55 bits per heavy atom. The van der Waals surface area contributed by atoms with E-state index >= 15 is 0 Å². The molecule has 1 aliphatic heterocycles. The Morgan fingerprint density at radius 1 is 1.73 bits per heavy atom. The van der Waals surface area contributed by atoms with Crippen molar-refractivity contribution < 1.29 is 4.55 Å². The molecule has 2 aliphatic rings. The number of allylic oxidation sites excluding steroid dienone is 3. The average molecular weight is 169 g/mol. The second kappa shape index (κ2) is 2.57. The van der Waals surface area contributed by atoms with Gasteiger partial charge in [0.25, 0.3) is 0 Å². The highest BCUT2D eigenvalue weighted by atomic mass is 32.2. The first-order valence-electron chi connectivity index (χ1n) is 3.78. The van der Waals surface area contributed by atoms with Crippen LogP contribution in [0.15, 0.2) is 23.9 Å². The third-order valence-electron chi connectivity index (χ3n) is 2.18. The highest BCUT2D eigenvalue weighted by molar-refractivity contribution is 7.92. The predicted octanol–water partition coefficient (Wildman–Crippen LogP) is 0.754. The zero-order chi connectivity index (χ0) is 7.84. The standard InChI is InChI=1S/C8H11NOS/c1-6-3-2-4-7-8(6)11(10)5-9-7/h2-4,6,8-9H,5H2,1H3. The molecule has 0 bridgehead atoms. The first-order chi connectivity index (χ1) is 5.29. The second-order valence-corrected chi connectivity index (χ2v) is 4.55. The van der Waals surface area contributed by atoms with E-state index in [1.165, 1.54) is 0 Å². The average Bonchev–Trinajstić information content (AvgIpc) is 2.34. The van der Waals surface area contributed by atoms with Crippen molar-refractivity contribution >= 4 is 11.2 Å². The fourth-order valence-corrected chi connectivity index (χ4v) is 3.10. The second-order valence-electron chi connectivity index (χ2n) is 2.99. The van der Waals surface area contributed by atoms with E-state index in [1.54, 1.807) is 0 Å². The van der Waals surface area contributed by atoms with Crippen LogP contribution in [-0.4, -0.2) is 15.7 Å². The van der Waals surface area contributed by atoms with E-state index in [0.717, 1.165) is 5.70 Å². The maximum Gasteiger partial charge on any atom is 0.176 e. The fraction of sp³-hybridized carbons (Fsp3) is 0.500. The van der Waals surface area contributed by atoms with E-state index in [1.807, 2.05) is 12.2 Å². The molecule has 1 fully saturated rings. The van der Waals surface area contributed by atoms with Crippen molar-refractivity contribution in [3.05, 3.63) is 23.9 Å². The zero-order valence-electron chi connectivity index (χ0n) is 6.41. The summed E-state index contributed by atoms with van der Waals surface area (Å²) in [6, 6.07) is 0. The summed E-state index contributed by atoms with van der Waals surface area (Å²) in [5.41, 5.74) is 1.15. The first-order valence-corrected chi connectivity index (χ1v) is 5.16. The van der Waals surface area contributed by atoms with E-state index in [2.05, 4.69) is 18.3 Å². The quantitative estimate of drug-likeness (QED) is 0.543. The van der Waals surface area contributed by atoms with E-state index in [9.17, 15) is 4.55 Å². The van der Waals surface area contributed by atoms with Gasteiger partial charge in [0.1, 0.15) is 0 Å². The lowest BCUT2D eigenvalue weighted by Gasteiger charge is -2.19. The van der Waals surface area contributed by atoms with Crippen LogP contribution in [0, 0.1) is 5.92 Å². The number of fused-ring (bicyclic) bond motifs is 1. The molecule has 2 rings (SSSR count). The van der Waals surface area contributed by atoms with E-state index in [4.69, 9.17) is 0 Å². The van der Waals surface area contributed by atoms with Crippen LogP contribution in [0.2, 0.25) is 0 Å². The van der Waals surface area contributed by atoms with Crippen LogP contribution in [-0.2, 0) is 11.2 Å². The number of rotatable bonds is 0. The maximum absolute atomic E-state index is 11.4. The van der Waals surface area contributed by atoms with Gasteiger partial charge in [0.15, 0.2) is 11.1 Å². The van der Waals surface area contributed by atoms with Gasteiger partial charge >= 0.3 is 0 Å². The molecule has 11 heavy (non-hydrogen) atoms. The van der Waals surface area contributed by atoms with Gasteiger partial charge in [-0.15, -0.1) is 0 Å². The highest BCUT2D eigenvalue weighted by Crippen LogP contribution is 2.28. The molecule has 3 unspecified atom stereocenters. The van der Waals surface area contributed by atoms with Gasteiger partial charge in [-0.3, -0.25) is 0 Å². The zero-order valence-corrected chi connectivity index (χ0v) is 7.23. The van der Waals surface area contributed by atoms with Crippen molar-refractivity contribution in [2.75, 3.05) is 5.88 Å². The molecule has 0 aromatic carbocycles. The summed E-state index contributed by atoms with van der Waals surface area (Å²) < 4.78 is 11.4. The van der Waals surface area contributed by atoms with E-state index in [-0.39, 0.29) is 5.25 Å². The Morgan fingerprint density at radius 3 is 3.27 bits per heavy atom. The minimum atomic E-state index is -0.700. The van der Waals surface area contributed by atoms with E-state index < -0.39 is 11.2 Å². The van der Waals surface area contributed by atoms with E-state index in [0.29, 0.717) is 11.8 Å². The van der Waals surface area contributed by atoms with Gasteiger partial charge in [-0.1, -0.05) is 19.1 Å². The summed E-state index contributed by atoms with van der Waals surface area (Å²) >= 11 is -0.700. The topological polar surface area (TPSA) is 35.1 Å². The molecule has 3 heteroatoms. The predicted molar refractivity (Wildman–Crippen MR) is 46.3 cm³/mol. The van der Waals surface area contributed by atoms with Gasteiger partial charge in [-0.2, -0.15) is 0 Å². The van der Waals surface area contributed by atoms with Crippen molar-refractivity contribution in [1.29, 1.82) is 0 Å². The summed E-state index contributed by atoms with van der Waals surface area (Å²) in [7, 11) is 0. The molecule has 1 aliphatic carbocycles. The van der Waals surface area contributed by atoms with Crippen molar-refractivity contribution in [3.8, 4) is 0 Å². The number of hydrogen-bond donors (Lipinski definition) is 1. The van der Waals surface area contributed by atoms with Crippen molar-refractivity contribution in [3.63, 3.8) is 0 Å². The van der Waals surface area contributed by atoms with Crippen LogP contribution in [0.1, 0.15) is 6.92 Å². The molecule has 0 saturated carbocycles. The minimum absolute atomic E-state index is 0.236. The summed E-state index contributed by atoms with van der Waals surface area (Å²) in [6.45, 7) is 2.11. The summed E-state index contributed by atoms with van der Waals surface area (Å²) in [5.74, 6) is 1.05. The van der Waals surface area contributed by atoms with Crippen LogP contribution >= 0.6 is 0 Å². The van der Waals surface area contributed by atoms with Crippen molar-refractivity contribution in [2.45, 2.75) is 12.2 Å². The molecule has 0 aromatic heterocycles. The normalized spacial score (nSPS) is 41.3. The van der Waals surface area contributed by atoms with Gasteiger partial charge in [0, 0.05) is 5.92 Å². The van der Waals surface area contributed by atoms with Crippen LogP contribution in [0.3, 0.4) is 0 Å². The molecule has 0 spiro atoms. The molecule has 0 radical (unpaired) electrons. The Bertz CT molecular complexity index is 224. The Labute approximate surface area is 69.5 Å². The number of nitrogens with one attached hydrogen (secondary N) is 1. The van der Waals surface area contributed by atoms with Crippen molar-refractivity contribution in [1.82, 2.24) is 5.32 Å². The van der Waals surface area contributed by atoms with Gasteiger partial charge in [-0.25, -0.2) is 0 Å². The Balaban J connectivity index is 2.27. The first kappa shape index (κ1) is 7.25. The molecular weight excluding hydrogens is 158 g/mol. The molecule has 0 amide bonds. The van der Waals surface area contributed by atoms with Crippen LogP contribution in [0.5, 0.6) is 0 Å². The molecule has 1 N–H and O–H groups in total. The van der Waals surface area contributed by atoms with Crippen LogP contribution < -0.4 is 5.32 Å². The van der Waals surface area contributed by atoms with Crippen LogP contribution in [0.25, 0.3) is 0 Å². The Kier molecular flexibility index (Phi) is 1.69. The number of hydrogen-bond acceptors (Lipinski definition) is 2. The monoisotopic (exact) mass is 169 g/mol. The molecular formula is C8H11NOS. The SMILES string of the molecule is CC1C=CC=C2NC[S+]([O-])C21. The molecule has 1 heterocycles. The summed E-state index contributed by atoms with van der Waals surface area (Å²) in [6.07, 6.45) is 6.17. The fourth-order valence-electron chi connectivity index (χ4n) is 1.60. The Hall–Kier alpha value is -0.410. The molecule has 60 valence electrons. The molecule has 2 nitrogen and oxygen atoms in total. The maximum atomic E-state index is 11.4. The molecule has 3 atom stereocenters. The lowest BCUT2D eigenvalue weighted by Crippen LogP contribution is -2.25. The largest absolute Gasteiger partial charge is 0.614 e.